The van der Waals surface area contributed by atoms with E-state index in [4.69, 9.17) is 0 Å². The SMILES string of the molecule is C[C@H]1CCCC[C@H]1NC(=O)CSc1ncn(-c2ccccc2)n1. The predicted octanol–water partition coefficient (Wildman–Crippen LogP) is 3.05. The Labute approximate surface area is 140 Å². The molecule has 1 aliphatic carbocycles. The van der Waals surface area contributed by atoms with Gasteiger partial charge in [0, 0.05) is 6.04 Å². The summed E-state index contributed by atoms with van der Waals surface area (Å²) in [5.74, 6) is 1.01. The molecule has 0 unspecified atom stereocenters. The van der Waals surface area contributed by atoms with Gasteiger partial charge in [0.05, 0.1) is 11.4 Å². The predicted molar refractivity (Wildman–Crippen MR) is 91.6 cm³/mol. The standard InChI is InChI=1S/C17H22N4OS/c1-13-7-5-6-10-15(13)19-16(22)11-23-17-18-12-21(20-17)14-8-3-2-4-9-14/h2-4,8-9,12-13,15H,5-7,10-11H2,1H3,(H,19,22)/t13-,15+/m0/s1. The van der Waals surface area contributed by atoms with Crippen LogP contribution in [0.5, 0.6) is 0 Å². The van der Waals surface area contributed by atoms with Crippen LogP contribution in [0.15, 0.2) is 41.8 Å². The molecular weight excluding hydrogens is 308 g/mol. The van der Waals surface area contributed by atoms with Crippen molar-refractivity contribution in [3.63, 3.8) is 0 Å². The molecule has 1 amide bonds. The molecule has 1 aromatic heterocycles. The van der Waals surface area contributed by atoms with E-state index in [2.05, 4.69) is 22.3 Å². The van der Waals surface area contributed by atoms with Crippen molar-refractivity contribution in [2.75, 3.05) is 5.75 Å². The number of thioether (sulfide) groups is 1. The second kappa shape index (κ2) is 7.64. The van der Waals surface area contributed by atoms with Gasteiger partial charge < -0.3 is 5.32 Å². The molecule has 1 fully saturated rings. The van der Waals surface area contributed by atoms with E-state index in [0.29, 0.717) is 22.9 Å². The number of hydrogen-bond donors (Lipinski definition) is 1. The van der Waals surface area contributed by atoms with Gasteiger partial charge in [-0.3, -0.25) is 4.79 Å². The van der Waals surface area contributed by atoms with Crippen LogP contribution in [0.4, 0.5) is 0 Å². The van der Waals surface area contributed by atoms with E-state index in [9.17, 15) is 4.79 Å². The third kappa shape index (κ3) is 4.34. The van der Waals surface area contributed by atoms with Crippen LogP contribution < -0.4 is 5.32 Å². The Morgan fingerprint density at radius 2 is 2.09 bits per heavy atom. The average Bonchev–Trinajstić information content (AvgIpc) is 3.05. The summed E-state index contributed by atoms with van der Waals surface area (Å²) in [5.41, 5.74) is 0.965. The first-order valence-electron chi connectivity index (χ1n) is 8.11. The highest BCUT2D eigenvalue weighted by Gasteiger charge is 2.22. The van der Waals surface area contributed by atoms with Gasteiger partial charge >= 0.3 is 0 Å². The lowest BCUT2D eigenvalue weighted by Gasteiger charge is -2.29. The van der Waals surface area contributed by atoms with E-state index in [0.717, 1.165) is 12.1 Å². The molecule has 6 heteroatoms. The molecule has 122 valence electrons. The van der Waals surface area contributed by atoms with Crippen LogP contribution >= 0.6 is 11.8 Å². The number of aromatic nitrogens is 3. The summed E-state index contributed by atoms with van der Waals surface area (Å²) in [6, 6.07) is 10.2. The Morgan fingerprint density at radius 1 is 1.30 bits per heavy atom. The second-order valence-corrected chi connectivity index (χ2v) is 6.97. The Morgan fingerprint density at radius 3 is 2.87 bits per heavy atom. The highest BCUT2D eigenvalue weighted by molar-refractivity contribution is 7.99. The Bertz CT molecular complexity index is 643. The normalized spacial score (nSPS) is 21.1. The molecule has 0 aliphatic heterocycles. The lowest BCUT2D eigenvalue weighted by molar-refractivity contribution is -0.119. The van der Waals surface area contributed by atoms with Gasteiger partial charge in [0.1, 0.15) is 6.33 Å². The highest BCUT2D eigenvalue weighted by Crippen LogP contribution is 2.24. The van der Waals surface area contributed by atoms with Gasteiger partial charge in [0.25, 0.3) is 0 Å². The van der Waals surface area contributed by atoms with Crippen LogP contribution in [0, 0.1) is 5.92 Å². The zero-order chi connectivity index (χ0) is 16.1. The molecule has 23 heavy (non-hydrogen) atoms. The molecule has 0 spiro atoms. The summed E-state index contributed by atoms with van der Waals surface area (Å²) in [7, 11) is 0. The molecule has 0 saturated heterocycles. The highest BCUT2D eigenvalue weighted by atomic mass is 32.2. The van der Waals surface area contributed by atoms with Crippen LogP contribution in [0.2, 0.25) is 0 Å². The lowest BCUT2D eigenvalue weighted by atomic mass is 9.86. The van der Waals surface area contributed by atoms with Crippen molar-refractivity contribution in [3.05, 3.63) is 36.7 Å². The minimum atomic E-state index is 0.0739. The van der Waals surface area contributed by atoms with Crippen molar-refractivity contribution in [1.29, 1.82) is 0 Å². The number of amides is 1. The number of nitrogens with zero attached hydrogens (tertiary/aromatic N) is 3. The van der Waals surface area contributed by atoms with Crippen molar-refractivity contribution in [3.8, 4) is 5.69 Å². The number of hydrogen-bond acceptors (Lipinski definition) is 4. The first-order chi connectivity index (χ1) is 11.2. The monoisotopic (exact) mass is 330 g/mol. The van der Waals surface area contributed by atoms with Gasteiger partial charge in [0.15, 0.2) is 0 Å². The zero-order valence-corrected chi connectivity index (χ0v) is 14.1. The van der Waals surface area contributed by atoms with E-state index < -0.39 is 0 Å². The third-order valence-electron chi connectivity index (χ3n) is 4.28. The molecule has 0 radical (unpaired) electrons. The van der Waals surface area contributed by atoms with E-state index in [-0.39, 0.29) is 5.91 Å². The first-order valence-corrected chi connectivity index (χ1v) is 9.10. The zero-order valence-electron chi connectivity index (χ0n) is 13.3. The molecule has 1 heterocycles. The van der Waals surface area contributed by atoms with Gasteiger partial charge in [-0.15, -0.1) is 5.10 Å². The fraction of sp³-hybridized carbons (Fsp3) is 0.471. The summed E-state index contributed by atoms with van der Waals surface area (Å²) >= 11 is 1.38. The fourth-order valence-corrected chi connectivity index (χ4v) is 3.54. The Kier molecular flexibility index (Phi) is 5.33. The van der Waals surface area contributed by atoms with Crippen LogP contribution in [0.1, 0.15) is 32.6 Å². The molecule has 1 aliphatic rings. The molecule has 0 bridgehead atoms. The molecule has 2 aromatic rings. The van der Waals surface area contributed by atoms with E-state index in [1.165, 1.54) is 31.0 Å². The van der Waals surface area contributed by atoms with Gasteiger partial charge in [0.2, 0.25) is 11.1 Å². The van der Waals surface area contributed by atoms with Crippen LogP contribution in [0.25, 0.3) is 5.69 Å². The number of benzene rings is 1. The summed E-state index contributed by atoms with van der Waals surface area (Å²) in [6.45, 7) is 2.22. The summed E-state index contributed by atoms with van der Waals surface area (Å²) in [5, 5.41) is 8.18. The van der Waals surface area contributed by atoms with Crippen molar-refractivity contribution < 1.29 is 4.79 Å². The minimum Gasteiger partial charge on any atom is -0.352 e. The second-order valence-electron chi connectivity index (χ2n) is 6.03. The Balaban J connectivity index is 1.50. The first kappa shape index (κ1) is 16.1. The molecule has 1 N–H and O–H groups in total. The van der Waals surface area contributed by atoms with Crippen molar-refractivity contribution >= 4 is 17.7 Å². The summed E-state index contributed by atoms with van der Waals surface area (Å²) < 4.78 is 1.73. The van der Waals surface area contributed by atoms with Gasteiger partial charge in [-0.2, -0.15) is 0 Å². The van der Waals surface area contributed by atoms with Gasteiger partial charge in [-0.1, -0.05) is 49.7 Å². The molecular formula is C17H22N4OS. The summed E-state index contributed by atoms with van der Waals surface area (Å²) in [4.78, 5) is 16.4. The number of carbonyl (C=O) groups excluding carboxylic acids is 1. The topological polar surface area (TPSA) is 59.8 Å². The Hall–Kier alpha value is -1.82. The van der Waals surface area contributed by atoms with Crippen molar-refractivity contribution in [2.45, 2.75) is 43.8 Å². The van der Waals surface area contributed by atoms with Crippen molar-refractivity contribution in [1.82, 2.24) is 20.1 Å². The maximum absolute atomic E-state index is 12.1. The van der Waals surface area contributed by atoms with E-state index >= 15 is 0 Å². The third-order valence-corrected chi connectivity index (χ3v) is 5.13. The number of carbonyl (C=O) groups is 1. The number of rotatable bonds is 5. The van der Waals surface area contributed by atoms with Crippen LogP contribution in [-0.4, -0.2) is 32.5 Å². The summed E-state index contributed by atoms with van der Waals surface area (Å²) in [6.07, 6.45) is 6.48. The smallest absolute Gasteiger partial charge is 0.230 e. The average molecular weight is 330 g/mol. The van der Waals surface area contributed by atoms with Gasteiger partial charge in [-0.25, -0.2) is 9.67 Å². The maximum atomic E-state index is 12.1. The number of nitrogens with one attached hydrogen (secondary N) is 1. The lowest BCUT2D eigenvalue weighted by Crippen LogP contribution is -2.41. The molecule has 5 nitrogen and oxygen atoms in total. The maximum Gasteiger partial charge on any atom is 0.230 e. The number of para-hydroxylation sites is 1. The fourth-order valence-electron chi connectivity index (χ4n) is 2.93. The molecule has 3 rings (SSSR count). The molecule has 2 atom stereocenters. The van der Waals surface area contributed by atoms with Gasteiger partial charge in [-0.05, 0) is 30.9 Å². The van der Waals surface area contributed by atoms with Crippen LogP contribution in [-0.2, 0) is 4.79 Å². The molecule has 1 aromatic carbocycles. The van der Waals surface area contributed by atoms with E-state index in [1.807, 2.05) is 30.3 Å². The largest absolute Gasteiger partial charge is 0.352 e. The van der Waals surface area contributed by atoms with Crippen molar-refractivity contribution in [2.24, 2.45) is 5.92 Å². The quantitative estimate of drug-likeness (QED) is 0.856. The molecule has 1 saturated carbocycles. The minimum absolute atomic E-state index is 0.0739. The van der Waals surface area contributed by atoms with Crippen LogP contribution in [0.3, 0.4) is 0 Å². The van der Waals surface area contributed by atoms with E-state index in [1.54, 1.807) is 11.0 Å².